The summed E-state index contributed by atoms with van der Waals surface area (Å²) < 4.78 is 5.69. The molecule has 0 aliphatic carbocycles. The van der Waals surface area contributed by atoms with Crippen molar-refractivity contribution in [3.8, 4) is 0 Å². The Balaban J connectivity index is 2.01. The minimum atomic E-state index is -0.473. The molecule has 2 amide bonds. The number of primary amides is 1. The Morgan fingerprint density at radius 1 is 1.44 bits per heavy atom. The lowest BCUT2D eigenvalue weighted by Gasteiger charge is -2.18. The highest BCUT2D eigenvalue weighted by molar-refractivity contribution is 5.71. The first-order valence-electron chi connectivity index (χ1n) is 5.47. The second-order valence-electron chi connectivity index (χ2n) is 4.00. The second-order valence-corrected chi connectivity index (χ2v) is 4.00. The van der Waals surface area contributed by atoms with Gasteiger partial charge >= 0.3 is 6.03 Å². The summed E-state index contributed by atoms with van der Waals surface area (Å²) in [7, 11) is 0. The van der Waals surface area contributed by atoms with Gasteiger partial charge in [0.15, 0.2) is 0 Å². The molecule has 1 fully saturated rings. The topological polar surface area (TPSA) is 64.4 Å². The average molecular weight is 220 g/mol. The van der Waals surface area contributed by atoms with E-state index in [-0.39, 0.29) is 6.10 Å². The average Bonchev–Trinajstić information content (AvgIpc) is 2.75. The Morgan fingerprint density at radius 3 is 2.88 bits per heavy atom. The number of hydrogen-bond donors (Lipinski definition) is 2. The molecule has 0 saturated carbocycles. The highest BCUT2D eigenvalue weighted by atomic mass is 16.5. The zero-order valence-corrected chi connectivity index (χ0v) is 9.06. The molecule has 0 radical (unpaired) electrons. The first-order valence-corrected chi connectivity index (χ1v) is 5.47. The molecule has 1 aliphatic heterocycles. The minimum Gasteiger partial charge on any atom is -0.373 e. The van der Waals surface area contributed by atoms with Gasteiger partial charge in [0.05, 0.1) is 6.10 Å². The molecule has 0 spiro atoms. The van der Waals surface area contributed by atoms with Gasteiger partial charge in [-0.25, -0.2) is 4.79 Å². The van der Waals surface area contributed by atoms with Gasteiger partial charge in [-0.15, -0.1) is 0 Å². The van der Waals surface area contributed by atoms with Crippen LogP contribution in [0.2, 0.25) is 0 Å². The third kappa shape index (κ3) is 2.52. The third-order valence-electron chi connectivity index (χ3n) is 2.88. The zero-order chi connectivity index (χ0) is 11.4. The van der Waals surface area contributed by atoms with Crippen molar-refractivity contribution in [2.75, 3.05) is 13.2 Å². The van der Waals surface area contributed by atoms with Gasteiger partial charge in [-0.2, -0.15) is 0 Å². The maximum absolute atomic E-state index is 10.7. The van der Waals surface area contributed by atoms with E-state index < -0.39 is 6.03 Å². The molecule has 0 unspecified atom stereocenters. The van der Waals surface area contributed by atoms with Crippen LogP contribution in [0.5, 0.6) is 0 Å². The highest BCUT2D eigenvalue weighted by Gasteiger charge is 2.29. The fourth-order valence-corrected chi connectivity index (χ4v) is 2.09. The first-order chi connectivity index (χ1) is 7.77. The van der Waals surface area contributed by atoms with Gasteiger partial charge in [-0.1, -0.05) is 30.3 Å². The molecule has 86 valence electrons. The van der Waals surface area contributed by atoms with E-state index >= 15 is 0 Å². The Hall–Kier alpha value is -1.55. The number of hydrogen-bond acceptors (Lipinski definition) is 2. The van der Waals surface area contributed by atoms with Gasteiger partial charge in [0.2, 0.25) is 0 Å². The molecule has 1 saturated heterocycles. The van der Waals surface area contributed by atoms with Crippen LogP contribution in [0.3, 0.4) is 0 Å². The molecule has 4 nitrogen and oxygen atoms in total. The van der Waals surface area contributed by atoms with E-state index in [2.05, 4.69) is 5.32 Å². The summed E-state index contributed by atoms with van der Waals surface area (Å²) in [6.45, 7) is 1.32. The molecule has 2 atom stereocenters. The fraction of sp³-hybridized carbons (Fsp3) is 0.417. The van der Waals surface area contributed by atoms with Crippen LogP contribution in [0, 0.1) is 5.92 Å². The second kappa shape index (κ2) is 4.99. The lowest BCUT2D eigenvalue weighted by atomic mass is 9.95. The molecule has 3 N–H and O–H groups in total. The molecule has 0 bridgehead atoms. The van der Waals surface area contributed by atoms with Gasteiger partial charge in [0, 0.05) is 19.1 Å². The molecule has 1 aromatic rings. The molecule has 1 aromatic carbocycles. The monoisotopic (exact) mass is 220 g/mol. The van der Waals surface area contributed by atoms with Crippen LogP contribution in [0.15, 0.2) is 30.3 Å². The molecule has 1 heterocycles. The van der Waals surface area contributed by atoms with Gasteiger partial charge in [0.25, 0.3) is 0 Å². The van der Waals surface area contributed by atoms with E-state index in [1.165, 1.54) is 0 Å². The van der Waals surface area contributed by atoms with Crippen LogP contribution in [0.4, 0.5) is 4.79 Å². The van der Waals surface area contributed by atoms with Crippen LogP contribution in [0.1, 0.15) is 18.1 Å². The van der Waals surface area contributed by atoms with Crippen LogP contribution >= 0.6 is 0 Å². The maximum atomic E-state index is 10.7. The molecular formula is C12H16N2O2. The van der Waals surface area contributed by atoms with Crippen molar-refractivity contribution < 1.29 is 9.53 Å². The number of amides is 2. The van der Waals surface area contributed by atoms with Crippen molar-refractivity contribution in [2.45, 2.75) is 12.5 Å². The van der Waals surface area contributed by atoms with Crippen LogP contribution in [0.25, 0.3) is 0 Å². The number of benzene rings is 1. The lowest BCUT2D eigenvalue weighted by molar-refractivity contribution is 0.0911. The van der Waals surface area contributed by atoms with Crippen molar-refractivity contribution in [2.24, 2.45) is 11.7 Å². The largest absolute Gasteiger partial charge is 0.373 e. The third-order valence-corrected chi connectivity index (χ3v) is 2.88. The van der Waals surface area contributed by atoms with Gasteiger partial charge < -0.3 is 15.8 Å². The molecule has 16 heavy (non-hydrogen) atoms. The van der Waals surface area contributed by atoms with E-state index in [0.29, 0.717) is 12.5 Å². The first kappa shape index (κ1) is 11.0. The predicted octanol–water partition coefficient (Wildman–Crippen LogP) is 1.43. The van der Waals surface area contributed by atoms with E-state index in [4.69, 9.17) is 10.5 Å². The van der Waals surface area contributed by atoms with Crippen molar-refractivity contribution in [3.63, 3.8) is 0 Å². The lowest BCUT2D eigenvalue weighted by Crippen LogP contribution is -2.34. The van der Waals surface area contributed by atoms with Gasteiger partial charge in [-0.3, -0.25) is 0 Å². The van der Waals surface area contributed by atoms with Crippen molar-refractivity contribution in [1.82, 2.24) is 5.32 Å². The van der Waals surface area contributed by atoms with Crippen LogP contribution in [-0.2, 0) is 4.74 Å². The SMILES string of the molecule is NC(=O)NC[C@@H]1CCO[C@H]1c1ccccc1. The maximum Gasteiger partial charge on any atom is 0.312 e. The van der Waals surface area contributed by atoms with E-state index in [9.17, 15) is 4.79 Å². The number of ether oxygens (including phenoxy) is 1. The quantitative estimate of drug-likeness (QED) is 0.809. The molecule has 0 aromatic heterocycles. The van der Waals surface area contributed by atoms with Crippen LogP contribution < -0.4 is 11.1 Å². The Kier molecular flexibility index (Phi) is 3.41. The summed E-state index contributed by atoms with van der Waals surface area (Å²) >= 11 is 0. The number of carbonyl (C=O) groups excluding carboxylic acids is 1. The van der Waals surface area contributed by atoms with Crippen molar-refractivity contribution in [3.05, 3.63) is 35.9 Å². The Labute approximate surface area is 94.8 Å². The van der Waals surface area contributed by atoms with E-state index in [0.717, 1.165) is 18.6 Å². The van der Waals surface area contributed by atoms with E-state index in [1.54, 1.807) is 0 Å². The number of urea groups is 1. The van der Waals surface area contributed by atoms with Gasteiger partial charge in [0.1, 0.15) is 0 Å². The molecule has 2 rings (SSSR count). The summed E-state index contributed by atoms with van der Waals surface area (Å²) in [5.41, 5.74) is 6.23. The van der Waals surface area contributed by atoms with Crippen molar-refractivity contribution in [1.29, 1.82) is 0 Å². The number of nitrogens with two attached hydrogens (primary N) is 1. The van der Waals surface area contributed by atoms with Gasteiger partial charge in [-0.05, 0) is 12.0 Å². The summed E-state index contributed by atoms with van der Waals surface area (Å²) in [6.07, 6.45) is 1.04. The Bertz CT molecular complexity index is 353. The molecule has 4 heteroatoms. The predicted molar refractivity (Wildman–Crippen MR) is 60.8 cm³/mol. The Morgan fingerprint density at radius 2 is 2.19 bits per heavy atom. The summed E-state index contributed by atoms with van der Waals surface area (Å²) in [5.74, 6) is 0.315. The standard InChI is InChI=1S/C12H16N2O2/c13-12(15)14-8-10-6-7-16-11(10)9-4-2-1-3-5-9/h1-5,10-11H,6-8H2,(H3,13,14,15)/t10-,11-/m0/s1. The van der Waals surface area contributed by atoms with Crippen LogP contribution in [-0.4, -0.2) is 19.2 Å². The summed E-state index contributed by atoms with van der Waals surface area (Å²) in [6, 6.07) is 9.60. The fourth-order valence-electron chi connectivity index (χ4n) is 2.09. The van der Waals surface area contributed by atoms with E-state index in [1.807, 2.05) is 30.3 Å². The number of rotatable bonds is 3. The minimum absolute atomic E-state index is 0.0769. The summed E-state index contributed by atoms with van der Waals surface area (Å²) in [5, 5.41) is 2.65. The number of carbonyl (C=O) groups is 1. The smallest absolute Gasteiger partial charge is 0.312 e. The molecule has 1 aliphatic rings. The molecular weight excluding hydrogens is 204 g/mol. The summed E-state index contributed by atoms with van der Waals surface area (Å²) in [4.78, 5) is 10.7. The zero-order valence-electron chi connectivity index (χ0n) is 9.06. The van der Waals surface area contributed by atoms with Crippen molar-refractivity contribution >= 4 is 6.03 Å². The highest BCUT2D eigenvalue weighted by Crippen LogP contribution is 2.33. The number of nitrogens with one attached hydrogen (secondary N) is 1. The normalized spacial score (nSPS) is 24.2.